The van der Waals surface area contributed by atoms with Gasteiger partial charge in [0.05, 0.1) is 18.8 Å². The maximum absolute atomic E-state index is 11.3. The van der Waals surface area contributed by atoms with Gasteiger partial charge in [-0.05, 0) is 38.5 Å². The summed E-state index contributed by atoms with van der Waals surface area (Å²) in [6.45, 7) is 5.38. The molecule has 1 aliphatic heterocycles. The van der Waals surface area contributed by atoms with Crippen molar-refractivity contribution < 1.29 is 19.4 Å². The Morgan fingerprint density at radius 2 is 2.32 bits per heavy atom. The van der Waals surface area contributed by atoms with E-state index in [4.69, 9.17) is 9.47 Å². The van der Waals surface area contributed by atoms with Gasteiger partial charge in [-0.15, -0.1) is 6.58 Å². The number of aliphatic hydroxyl groups is 1. The van der Waals surface area contributed by atoms with Crippen LogP contribution in [0.5, 0.6) is 0 Å². The highest BCUT2D eigenvalue weighted by molar-refractivity contribution is 5.66. The molecule has 19 heavy (non-hydrogen) atoms. The lowest BCUT2D eigenvalue weighted by molar-refractivity contribution is -0.208. The molecule has 0 unspecified atom stereocenters. The topological polar surface area (TPSA) is 55.8 Å². The van der Waals surface area contributed by atoms with E-state index >= 15 is 0 Å². The molecule has 0 bridgehead atoms. The molecule has 2 aliphatic rings. The predicted octanol–water partition coefficient (Wildman–Crippen LogP) is 2.20. The number of hydrogen-bond acceptors (Lipinski definition) is 4. The second-order valence-corrected chi connectivity index (χ2v) is 5.72. The normalized spacial score (nSPS) is 38.3. The van der Waals surface area contributed by atoms with E-state index in [1.807, 2.05) is 6.08 Å². The molecule has 0 amide bonds. The predicted molar refractivity (Wildman–Crippen MR) is 71.6 cm³/mol. The molecule has 0 aromatic carbocycles. The second kappa shape index (κ2) is 6.06. The smallest absolute Gasteiger partial charge is 0.302 e. The third kappa shape index (κ3) is 2.84. The number of esters is 1. The Bertz CT molecular complexity index is 341. The molecule has 4 nitrogen and oxygen atoms in total. The Labute approximate surface area is 114 Å². The second-order valence-electron chi connectivity index (χ2n) is 5.72. The molecule has 2 fully saturated rings. The van der Waals surface area contributed by atoms with E-state index in [9.17, 15) is 9.90 Å². The number of carbonyl (C=O) groups is 1. The van der Waals surface area contributed by atoms with Crippen LogP contribution in [0.25, 0.3) is 0 Å². The quantitative estimate of drug-likeness (QED) is 0.627. The fourth-order valence-electron chi connectivity index (χ4n) is 3.67. The Kier molecular flexibility index (Phi) is 4.63. The summed E-state index contributed by atoms with van der Waals surface area (Å²) in [5.41, 5.74) is -0.142. The summed E-state index contributed by atoms with van der Waals surface area (Å²) in [6.07, 6.45) is 7.23. The van der Waals surface area contributed by atoms with Crippen molar-refractivity contribution in [2.45, 2.75) is 63.8 Å². The van der Waals surface area contributed by atoms with Crippen LogP contribution in [0.3, 0.4) is 0 Å². The maximum atomic E-state index is 11.3. The first-order valence-electron chi connectivity index (χ1n) is 7.17. The van der Waals surface area contributed by atoms with Crippen LogP contribution in [0.2, 0.25) is 0 Å². The molecule has 4 atom stereocenters. The van der Waals surface area contributed by atoms with Gasteiger partial charge in [-0.3, -0.25) is 4.79 Å². The highest BCUT2D eigenvalue weighted by Gasteiger charge is 2.52. The number of allylic oxidation sites excluding steroid dienone is 1. The Balaban J connectivity index is 2.21. The minimum atomic E-state index is -0.224. The van der Waals surface area contributed by atoms with Gasteiger partial charge in [0.2, 0.25) is 0 Å². The fourth-order valence-corrected chi connectivity index (χ4v) is 3.67. The van der Waals surface area contributed by atoms with Gasteiger partial charge >= 0.3 is 5.97 Å². The highest BCUT2D eigenvalue weighted by Crippen LogP contribution is 2.50. The molecule has 2 rings (SSSR count). The van der Waals surface area contributed by atoms with Crippen molar-refractivity contribution in [2.24, 2.45) is 5.41 Å². The van der Waals surface area contributed by atoms with Gasteiger partial charge in [0.25, 0.3) is 0 Å². The molecule has 0 aromatic heterocycles. The van der Waals surface area contributed by atoms with Crippen LogP contribution in [0.15, 0.2) is 12.7 Å². The fraction of sp³-hybridized carbons (Fsp3) is 0.800. The van der Waals surface area contributed by atoms with Crippen LogP contribution in [0.4, 0.5) is 0 Å². The Morgan fingerprint density at radius 3 is 2.95 bits per heavy atom. The van der Waals surface area contributed by atoms with Gasteiger partial charge in [-0.1, -0.05) is 6.08 Å². The standard InChI is InChI=1S/C15H24O4/c1-3-8-15-9-7-12(10-16)19-14(15)6-4-5-13(15)18-11(2)17/h3,12-14,16H,1,4-10H2,2H3/t12-,13-,14-,15+/m0/s1. The number of aliphatic hydroxyl groups excluding tert-OH is 1. The number of carbonyl (C=O) groups excluding carboxylic acids is 1. The summed E-state index contributed by atoms with van der Waals surface area (Å²) < 4.78 is 11.6. The van der Waals surface area contributed by atoms with Gasteiger partial charge in [-0.25, -0.2) is 0 Å². The van der Waals surface area contributed by atoms with E-state index in [0.717, 1.165) is 38.5 Å². The zero-order valence-electron chi connectivity index (χ0n) is 11.6. The monoisotopic (exact) mass is 268 g/mol. The van der Waals surface area contributed by atoms with E-state index in [1.165, 1.54) is 6.92 Å². The van der Waals surface area contributed by atoms with Crippen molar-refractivity contribution in [3.63, 3.8) is 0 Å². The molecular weight excluding hydrogens is 244 g/mol. The summed E-state index contributed by atoms with van der Waals surface area (Å²) in [5.74, 6) is -0.224. The summed E-state index contributed by atoms with van der Waals surface area (Å²) in [5, 5.41) is 9.28. The van der Waals surface area contributed by atoms with Crippen molar-refractivity contribution >= 4 is 5.97 Å². The third-order valence-electron chi connectivity index (χ3n) is 4.54. The van der Waals surface area contributed by atoms with Crippen LogP contribution in [0, 0.1) is 5.41 Å². The average Bonchev–Trinajstić information content (AvgIpc) is 2.39. The van der Waals surface area contributed by atoms with E-state index in [0.29, 0.717) is 0 Å². The molecule has 1 N–H and O–H groups in total. The van der Waals surface area contributed by atoms with Crippen LogP contribution >= 0.6 is 0 Å². The molecule has 1 aliphatic carbocycles. The number of ether oxygens (including phenoxy) is 2. The average molecular weight is 268 g/mol. The Hall–Kier alpha value is -0.870. The minimum Gasteiger partial charge on any atom is -0.462 e. The molecule has 1 heterocycles. The Morgan fingerprint density at radius 1 is 1.53 bits per heavy atom. The van der Waals surface area contributed by atoms with Gasteiger partial charge < -0.3 is 14.6 Å². The van der Waals surface area contributed by atoms with E-state index in [-0.39, 0.29) is 36.3 Å². The lowest BCUT2D eigenvalue weighted by Gasteiger charge is -2.52. The zero-order valence-corrected chi connectivity index (χ0v) is 11.6. The molecule has 108 valence electrons. The molecule has 0 aromatic rings. The van der Waals surface area contributed by atoms with Crippen LogP contribution in [0.1, 0.15) is 45.4 Å². The third-order valence-corrected chi connectivity index (χ3v) is 4.54. The SMILES string of the molecule is C=CC[C@]12CC[C@@H](CO)O[C@H]1CCC[C@@H]2OC(C)=O. The summed E-state index contributed by atoms with van der Waals surface area (Å²) in [6, 6.07) is 0. The maximum Gasteiger partial charge on any atom is 0.302 e. The first-order chi connectivity index (χ1) is 9.12. The number of hydrogen-bond donors (Lipinski definition) is 1. The molecule has 1 saturated carbocycles. The summed E-state index contributed by atoms with van der Waals surface area (Å²) in [7, 11) is 0. The van der Waals surface area contributed by atoms with Crippen LogP contribution in [-0.2, 0) is 14.3 Å². The summed E-state index contributed by atoms with van der Waals surface area (Å²) in [4.78, 5) is 11.3. The lowest BCUT2D eigenvalue weighted by Crippen LogP contribution is -2.55. The zero-order chi connectivity index (χ0) is 13.9. The van der Waals surface area contributed by atoms with Gasteiger partial charge in [0, 0.05) is 12.3 Å². The molecule has 1 saturated heterocycles. The molecule has 0 radical (unpaired) electrons. The van der Waals surface area contributed by atoms with Crippen molar-refractivity contribution in [3.05, 3.63) is 12.7 Å². The molecule has 4 heteroatoms. The lowest BCUT2D eigenvalue weighted by atomic mass is 9.63. The summed E-state index contributed by atoms with van der Waals surface area (Å²) >= 11 is 0. The van der Waals surface area contributed by atoms with E-state index < -0.39 is 0 Å². The first kappa shape index (κ1) is 14.5. The first-order valence-corrected chi connectivity index (χ1v) is 7.17. The van der Waals surface area contributed by atoms with E-state index in [1.54, 1.807) is 0 Å². The minimum absolute atomic E-state index is 0.0644. The molecular formula is C15H24O4. The van der Waals surface area contributed by atoms with Gasteiger partial charge in [0.1, 0.15) is 6.10 Å². The van der Waals surface area contributed by atoms with Crippen molar-refractivity contribution in [3.8, 4) is 0 Å². The van der Waals surface area contributed by atoms with Crippen molar-refractivity contribution in [1.82, 2.24) is 0 Å². The largest absolute Gasteiger partial charge is 0.462 e. The van der Waals surface area contributed by atoms with Crippen molar-refractivity contribution in [2.75, 3.05) is 6.61 Å². The van der Waals surface area contributed by atoms with Gasteiger partial charge in [0.15, 0.2) is 0 Å². The number of fused-ring (bicyclic) bond motifs is 1. The van der Waals surface area contributed by atoms with Crippen LogP contribution in [-0.4, -0.2) is 36.0 Å². The number of rotatable bonds is 4. The van der Waals surface area contributed by atoms with Crippen LogP contribution < -0.4 is 0 Å². The molecule has 0 spiro atoms. The highest BCUT2D eigenvalue weighted by atomic mass is 16.6. The van der Waals surface area contributed by atoms with Crippen molar-refractivity contribution in [1.29, 1.82) is 0 Å². The van der Waals surface area contributed by atoms with E-state index in [2.05, 4.69) is 6.58 Å². The van der Waals surface area contributed by atoms with Gasteiger partial charge in [-0.2, -0.15) is 0 Å².